The predicted molar refractivity (Wildman–Crippen MR) is 114 cm³/mol. The van der Waals surface area contributed by atoms with E-state index in [1.165, 1.54) is 5.56 Å². The quantitative estimate of drug-likeness (QED) is 0.287. The maximum atomic E-state index is 5.57. The van der Waals surface area contributed by atoms with Crippen LogP contribution >= 0.6 is 35.7 Å². The van der Waals surface area contributed by atoms with Crippen LogP contribution < -0.4 is 10.6 Å². The maximum Gasteiger partial charge on any atom is 0.226 e. The summed E-state index contributed by atoms with van der Waals surface area (Å²) in [6.45, 7) is 3.73. The normalized spacial score (nSPS) is 11.0. The third-order valence-corrected chi connectivity index (χ3v) is 3.96. The number of aromatic nitrogens is 1. The molecule has 0 aliphatic rings. The van der Waals surface area contributed by atoms with E-state index in [0.29, 0.717) is 5.89 Å². The lowest BCUT2D eigenvalue weighted by Crippen LogP contribution is -2.39. The summed E-state index contributed by atoms with van der Waals surface area (Å²) < 4.78 is 5.57. The van der Waals surface area contributed by atoms with Gasteiger partial charge in [0.1, 0.15) is 6.26 Å². The summed E-state index contributed by atoms with van der Waals surface area (Å²) in [6.07, 6.45) is 4.60. The van der Waals surface area contributed by atoms with Gasteiger partial charge in [-0.2, -0.15) is 11.8 Å². The molecule has 2 N–H and O–H groups in total. The molecule has 24 heavy (non-hydrogen) atoms. The fourth-order valence-corrected chi connectivity index (χ4v) is 2.36. The molecule has 1 aromatic carbocycles. The highest BCUT2D eigenvalue weighted by Crippen LogP contribution is 2.19. The van der Waals surface area contributed by atoms with Gasteiger partial charge < -0.3 is 15.1 Å². The lowest BCUT2D eigenvalue weighted by Gasteiger charge is -2.10. The molecular weight excluding hydrogens is 435 g/mol. The standard InChI is InChI=1S/C17H24N4OS.HI/c1-13-4-6-14(7-5-13)16-21-15(12-22-16)8-9-19-17(18-2)20-10-11-23-3;/h4-7,12H,8-11H2,1-3H3,(H2,18,19,20);1H. The van der Waals surface area contributed by atoms with Gasteiger partial charge in [0.25, 0.3) is 0 Å². The molecule has 0 radical (unpaired) electrons. The van der Waals surface area contributed by atoms with Crippen LogP contribution in [0.5, 0.6) is 0 Å². The van der Waals surface area contributed by atoms with Crippen molar-refractivity contribution in [1.82, 2.24) is 15.6 Å². The van der Waals surface area contributed by atoms with Crippen molar-refractivity contribution in [2.24, 2.45) is 4.99 Å². The molecule has 0 spiro atoms. The molecule has 132 valence electrons. The Labute approximate surface area is 165 Å². The molecule has 1 aromatic heterocycles. The van der Waals surface area contributed by atoms with Gasteiger partial charge in [0.2, 0.25) is 5.89 Å². The fraction of sp³-hybridized carbons (Fsp3) is 0.412. The number of nitrogens with one attached hydrogen (secondary N) is 2. The van der Waals surface area contributed by atoms with Crippen LogP contribution in [0.3, 0.4) is 0 Å². The first kappa shape index (κ1) is 20.8. The highest BCUT2D eigenvalue weighted by Gasteiger charge is 2.06. The number of hydrogen-bond donors (Lipinski definition) is 2. The van der Waals surface area contributed by atoms with E-state index in [1.807, 2.05) is 23.9 Å². The van der Waals surface area contributed by atoms with Crippen molar-refractivity contribution in [2.45, 2.75) is 13.3 Å². The molecule has 0 saturated heterocycles. The number of oxazole rings is 1. The highest BCUT2D eigenvalue weighted by molar-refractivity contribution is 14.0. The minimum absolute atomic E-state index is 0. The van der Waals surface area contributed by atoms with Crippen LogP contribution in [0.2, 0.25) is 0 Å². The summed E-state index contributed by atoms with van der Waals surface area (Å²) in [5, 5.41) is 6.55. The van der Waals surface area contributed by atoms with E-state index in [2.05, 4.69) is 45.9 Å². The van der Waals surface area contributed by atoms with Gasteiger partial charge in [-0.05, 0) is 25.3 Å². The molecule has 0 saturated carbocycles. The minimum atomic E-state index is 0. The second kappa shape index (κ2) is 11.4. The van der Waals surface area contributed by atoms with Crippen LogP contribution in [0, 0.1) is 6.92 Å². The van der Waals surface area contributed by atoms with Gasteiger partial charge in [0.05, 0.1) is 5.69 Å². The second-order valence-corrected chi connectivity index (χ2v) is 6.16. The molecule has 2 aromatic rings. The van der Waals surface area contributed by atoms with Gasteiger partial charge in [0, 0.05) is 37.9 Å². The Morgan fingerprint density at radius 2 is 1.92 bits per heavy atom. The molecule has 7 heteroatoms. The van der Waals surface area contributed by atoms with E-state index in [1.54, 1.807) is 13.3 Å². The Balaban J connectivity index is 0.00000288. The van der Waals surface area contributed by atoms with Crippen molar-refractivity contribution >= 4 is 41.7 Å². The Bertz CT molecular complexity index is 628. The topological polar surface area (TPSA) is 62.5 Å². The van der Waals surface area contributed by atoms with Gasteiger partial charge in [-0.25, -0.2) is 4.98 Å². The number of guanidine groups is 1. The first-order valence-corrected chi connectivity index (χ1v) is 9.07. The van der Waals surface area contributed by atoms with E-state index in [4.69, 9.17) is 4.42 Å². The summed E-state index contributed by atoms with van der Waals surface area (Å²) in [5.41, 5.74) is 3.17. The second-order valence-electron chi connectivity index (χ2n) is 5.18. The molecule has 0 aliphatic carbocycles. The molecule has 0 bridgehead atoms. The summed E-state index contributed by atoms with van der Waals surface area (Å²) in [5.74, 6) is 2.55. The number of thioether (sulfide) groups is 1. The molecule has 0 aliphatic heterocycles. The number of benzene rings is 1. The summed E-state index contributed by atoms with van der Waals surface area (Å²) in [4.78, 5) is 8.73. The van der Waals surface area contributed by atoms with Crippen molar-refractivity contribution < 1.29 is 4.42 Å². The average molecular weight is 460 g/mol. The first-order chi connectivity index (χ1) is 11.2. The lowest BCUT2D eigenvalue weighted by molar-refractivity contribution is 0.572. The summed E-state index contributed by atoms with van der Waals surface area (Å²) in [6, 6.07) is 8.18. The Morgan fingerprint density at radius 3 is 2.58 bits per heavy atom. The Kier molecular flexibility index (Phi) is 9.85. The van der Waals surface area contributed by atoms with Crippen LogP contribution in [-0.2, 0) is 6.42 Å². The molecule has 2 rings (SSSR count). The largest absolute Gasteiger partial charge is 0.444 e. The van der Waals surface area contributed by atoms with E-state index < -0.39 is 0 Å². The molecule has 0 amide bonds. The fourth-order valence-electron chi connectivity index (χ4n) is 2.05. The number of aryl methyl sites for hydroxylation is 1. The van der Waals surface area contributed by atoms with E-state index >= 15 is 0 Å². The highest BCUT2D eigenvalue weighted by atomic mass is 127. The van der Waals surface area contributed by atoms with Gasteiger partial charge in [0.15, 0.2) is 5.96 Å². The number of aliphatic imine (C=N–C) groups is 1. The SMILES string of the molecule is CN=C(NCCSC)NCCc1coc(-c2ccc(C)cc2)n1.I. The van der Waals surface area contributed by atoms with Crippen LogP contribution in [0.4, 0.5) is 0 Å². The predicted octanol–water partition coefficient (Wildman–Crippen LogP) is 3.34. The third kappa shape index (κ3) is 6.72. The third-order valence-electron chi connectivity index (χ3n) is 3.35. The molecular formula is C17H25IN4OS. The van der Waals surface area contributed by atoms with Crippen molar-refractivity contribution in [2.75, 3.05) is 32.1 Å². The zero-order chi connectivity index (χ0) is 16.5. The zero-order valence-corrected chi connectivity index (χ0v) is 17.5. The first-order valence-electron chi connectivity index (χ1n) is 7.68. The van der Waals surface area contributed by atoms with Gasteiger partial charge in [-0.15, -0.1) is 24.0 Å². The zero-order valence-electron chi connectivity index (χ0n) is 14.3. The van der Waals surface area contributed by atoms with Gasteiger partial charge in [-0.3, -0.25) is 4.99 Å². The minimum Gasteiger partial charge on any atom is -0.444 e. The van der Waals surface area contributed by atoms with Crippen molar-refractivity contribution in [3.05, 3.63) is 41.8 Å². The van der Waals surface area contributed by atoms with E-state index in [0.717, 1.165) is 42.5 Å². The smallest absolute Gasteiger partial charge is 0.226 e. The molecule has 0 unspecified atom stereocenters. The van der Waals surface area contributed by atoms with Crippen LogP contribution in [-0.4, -0.2) is 43.1 Å². The van der Waals surface area contributed by atoms with Gasteiger partial charge in [-0.1, -0.05) is 17.7 Å². The van der Waals surface area contributed by atoms with E-state index in [9.17, 15) is 0 Å². The maximum absolute atomic E-state index is 5.57. The molecule has 0 atom stereocenters. The van der Waals surface area contributed by atoms with E-state index in [-0.39, 0.29) is 24.0 Å². The summed E-state index contributed by atoms with van der Waals surface area (Å²) >= 11 is 1.81. The monoisotopic (exact) mass is 460 g/mol. The number of nitrogens with zero attached hydrogens (tertiary/aromatic N) is 2. The molecule has 5 nitrogen and oxygen atoms in total. The lowest BCUT2D eigenvalue weighted by atomic mass is 10.1. The van der Waals surface area contributed by atoms with Crippen LogP contribution in [0.15, 0.2) is 39.9 Å². The molecule has 0 fully saturated rings. The molecule has 1 heterocycles. The Hall–Kier alpha value is -1.22. The number of halogens is 1. The van der Waals surface area contributed by atoms with Gasteiger partial charge >= 0.3 is 0 Å². The van der Waals surface area contributed by atoms with Crippen LogP contribution in [0.1, 0.15) is 11.3 Å². The van der Waals surface area contributed by atoms with Crippen LogP contribution in [0.25, 0.3) is 11.5 Å². The average Bonchev–Trinajstić information content (AvgIpc) is 3.03. The van der Waals surface area contributed by atoms with Crippen molar-refractivity contribution in [1.29, 1.82) is 0 Å². The number of rotatable bonds is 7. The number of hydrogen-bond acceptors (Lipinski definition) is 4. The summed E-state index contributed by atoms with van der Waals surface area (Å²) in [7, 11) is 1.78. The Morgan fingerprint density at radius 1 is 1.21 bits per heavy atom. The van der Waals surface area contributed by atoms with Crippen molar-refractivity contribution in [3.8, 4) is 11.5 Å². The van der Waals surface area contributed by atoms with Crippen molar-refractivity contribution in [3.63, 3.8) is 0 Å².